The molecule has 0 aliphatic carbocycles. The monoisotopic (exact) mass is 293 g/mol. The molecule has 1 saturated heterocycles. The van der Waals surface area contributed by atoms with Crippen molar-refractivity contribution in [3.05, 3.63) is 11.8 Å². The maximum Gasteiger partial charge on any atom is 0.329 e. The molecule has 0 unspecified atom stereocenters. The Bertz CT molecular complexity index is 565. The van der Waals surface area contributed by atoms with E-state index in [9.17, 15) is 14.4 Å². The van der Waals surface area contributed by atoms with Gasteiger partial charge in [-0.3, -0.25) is 19.4 Å². The molecule has 8 nitrogen and oxygen atoms in total. The number of nitriles is 1. The number of hydrogen-bond donors (Lipinski definition) is 0. The average Bonchev–Trinajstić information content (AvgIpc) is 2.49. The molecule has 2 rings (SSSR count). The van der Waals surface area contributed by atoms with E-state index in [-0.39, 0.29) is 12.4 Å². The van der Waals surface area contributed by atoms with Gasteiger partial charge >= 0.3 is 12.0 Å². The van der Waals surface area contributed by atoms with E-state index in [4.69, 9.17) is 14.7 Å². The van der Waals surface area contributed by atoms with Gasteiger partial charge in [-0.05, 0) is 13.0 Å². The summed E-state index contributed by atoms with van der Waals surface area (Å²) in [4.78, 5) is 38.4. The minimum absolute atomic E-state index is 0.105. The van der Waals surface area contributed by atoms with Gasteiger partial charge in [-0.15, -0.1) is 0 Å². The molecule has 0 bridgehead atoms. The minimum Gasteiger partial charge on any atom is -0.466 e. The van der Waals surface area contributed by atoms with Crippen LogP contribution in [-0.4, -0.2) is 54.6 Å². The Hall–Kier alpha value is -2.56. The zero-order chi connectivity index (χ0) is 15.7. The molecule has 0 aromatic rings. The SMILES string of the molecule is CCOC(=O)[C@@H]1C=C(C#N)O[C@H]2[C@H]1C(=O)N(C)C(=O)N2C. The Kier molecular flexibility index (Phi) is 3.84. The number of carbonyl (C=O) groups is 3. The lowest BCUT2D eigenvalue weighted by molar-refractivity contribution is -0.166. The topological polar surface area (TPSA) is 99.9 Å². The highest BCUT2D eigenvalue weighted by molar-refractivity contribution is 6.00. The lowest BCUT2D eigenvalue weighted by Crippen LogP contribution is -2.63. The lowest BCUT2D eigenvalue weighted by atomic mass is 9.85. The number of urea groups is 1. The van der Waals surface area contributed by atoms with Crippen molar-refractivity contribution >= 4 is 17.9 Å². The summed E-state index contributed by atoms with van der Waals surface area (Å²) in [5, 5.41) is 8.99. The molecule has 1 fully saturated rings. The van der Waals surface area contributed by atoms with E-state index >= 15 is 0 Å². The van der Waals surface area contributed by atoms with Gasteiger partial charge in [-0.1, -0.05) is 0 Å². The van der Waals surface area contributed by atoms with Gasteiger partial charge < -0.3 is 9.47 Å². The van der Waals surface area contributed by atoms with Gasteiger partial charge in [0.05, 0.1) is 12.5 Å². The molecule has 0 aromatic carbocycles. The Morgan fingerprint density at radius 1 is 1.48 bits per heavy atom. The van der Waals surface area contributed by atoms with E-state index in [1.54, 1.807) is 13.0 Å². The highest BCUT2D eigenvalue weighted by atomic mass is 16.5. The standard InChI is InChI=1S/C13H15N3O5/c1-4-20-12(18)8-5-7(6-14)21-11-9(8)10(17)15(2)13(19)16(11)3/h5,8-9,11H,4H2,1-3H3/t8-,9-,11+/m1/s1. The molecule has 8 heteroatoms. The molecule has 2 heterocycles. The van der Waals surface area contributed by atoms with Crippen LogP contribution >= 0.6 is 0 Å². The number of hydrogen-bond acceptors (Lipinski definition) is 6. The van der Waals surface area contributed by atoms with Crippen molar-refractivity contribution in [3.63, 3.8) is 0 Å². The van der Waals surface area contributed by atoms with Crippen molar-refractivity contribution in [2.75, 3.05) is 20.7 Å². The van der Waals surface area contributed by atoms with E-state index in [1.807, 2.05) is 0 Å². The summed E-state index contributed by atoms with van der Waals surface area (Å²) >= 11 is 0. The maximum atomic E-state index is 12.3. The van der Waals surface area contributed by atoms with Crippen molar-refractivity contribution in [1.29, 1.82) is 5.26 Å². The van der Waals surface area contributed by atoms with Crippen LogP contribution in [-0.2, 0) is 19.1 Å². The van der Waals surface area contributed by atoms with Crippen LogP contribution < -0.4 is 0 Å². The first-order valence-electron chi connectivity index (χ1n) is 6.42. The molecular weight excluding hydrogens is 278 g/mol. The molecule has 0 spiro atoms. The zero-order valence-electron chi connectivity index (χ0n) is 11.9. The second kappa shape index (κ2) is 5.44. The Labute approximate surface area is 121 Å². The van der Waals surface area contributed by atoms with Crippen LogP contribution in [0, 0.1) is 23.2 Å². The van der Waals surface area contributed by atoms with Gasteiger partial charge in [-0.2, -0.15) is 5.26 Å². The molecule has 0 saturated carbocycles. The van der Waals surface area contributed by atoms with Gasteiger partial charge in [0.15, 0.2) is 12.0 Å². The van der Waals surface area contributed by atoms with Crippen molar-refractivity contribution in [1.82, 2.24) is 9.80 Å². The largest absolute Gasteiger partial charge is 0.466 e. The molecular formula is C13H15N3O5. The summed E-state index contributed by atoms with van der Waals surface area (Å²) in [6, 6.07) is 1.24. The number of ether oxygens (including phenoxy) is 2. The smallest absolute Gasteiger partial charge is 0.329 e. The molecule has 3 atom stereocenters. The number of carbonyl (C=O) groups excluding carboxylic acids is 3. The predicted molar refractivity (Wildman–Crippen MR) is 68.1 cm³/mol. The molecule has 2 aliphatic heterocycles. The summed E-state index contributed by atoms with van der Waals surface area (Å²) in [7, 11) is 2.79. The van der Waals surface area contributed by atoms with Crippen LogP contribution in [0.4, 0.5) is 4.79 Å². The van der Waals surface area contributed by atoms with Crippen LogP contribution in [0.25, 0.3) is 0 Å². The van der Waals surface area contributed by atoms with Crippen LogP contribution in [0.1, 0.15) is 6.92 Å². The molecule has 2 aliphatic rings. The third-order valence-electron chi connectivity index (χ3n) is 3.53. The van der Waals surface area contributed by atoms with E-state index in [0.29, 0.717) is 0 Å². The predicted octanol–water partition coefficient (Wildman–Crippen LogP) is 0.0695. The molecule has 112 valence electrons. The Balaban J connectivity index is 2.44. The Morgan fingerprint density at radius 2 is 2.14 bits per heavy atom. The Morgan fingerprint density at radius 3 is 2.71 bits per heavy atom. The highest BCUT2D eigenvalue weighted by Crippen LogP contribution is 2.35. The second-order valence-corrected chi connectivity index (χ2v) is 4.75. The van der Waals surface area contributed by atoms with E-state index < -0.39 is 36.0 Å². The summed E-state index contributed by atoms with van der Waals surface area (Å²) in [5.41, 5.74) is 0. The van der Waals surface area contributed by atoms with Gasteiger partial charge in [0.25, 0.3) is 0 Å². The number of allylic oxidation sites excluding steroid dienone is 1. The van der Waals surface area contributed by atoms with E-state index in [2.05, 4.69) is 0 Å². The summed E-state index contributed by atoms with van der Waals surface area (Å²) in [5.74, 6) is -3.13. The van der Waals surface area contributed by atoms with Crippen molar-refractivity contribution in [3.8, 4) is 6.07 Å². The fraction of sp³-hybridized carbons (Fsp3) is 0.538. The highest BCUT2D eigenvalue weighted by Gasteiger charge is 2.52. The molecule has 21 heavy (non-hydrogen) atoms. The molecule has 0 aromatic heterocycles. The van der Waals surface area contributed by atoms with Crippen LogP contribution in [0.15, 0.2) is 11.8 Å². The number of esters is 1. The van der Waals surface area contributed by atoms with Crippen LogP contribution in [0.3, 0.4) is 0 Å². The molecule has 3 amide bonds. The van der Waals surface area contributed by atoms with Crippen LogP contribution in [0.5, 0.6) is 0 Å². The summed E-state index contributed by atoms with van der Waals surface area (Å²) in [6.45, 7) is 1.80. The van der Waals surface area contributed by atoms with Gasteiger partial charge in [0, 0.05) is 14.1 Å². The lowest BCUT2D eigenvalue weighted by Gasteiger charge is -2.44. The first-order chi connectivity index (χ1) is 9.92. The van der Waals surface area contributed by atoms with E-state index in [1.165, 1.54) is 25.1 Å². The molecule has 0 N–H and O–H groups in total. The first kappa shape index (κ1) is 14.8. The van der Waals surface area contributed by atoms with E-state index in [0.717, 1.165) is 4.90 Å². The number of nitrogens with zero attached hydrogens (tertiary/aromatic N) is 3. The fourth-order valence-corrected chi connectivity index (χ4v) is 2.46. The van der Waals surface area contributed by atoms with Gasteiger partial charge in [0.1, 0.15) is 12.0 Å². The van der Waals surface area contributed by atoms with Crippen molar-refractivity contribution < 1.29 is 23.9 Å². The first-order valence-corrected chi connectivity index (χ1v) is 6.42. The third kappa shape index (κ3) is 2.31. The summed E-state index contributed by atoms with van der Waals surface area (Å²) < 4.78 is 10.3. The third-order valence-corrected chi connectivity index (χ3v) is 3.53. The minimum atomic E-state index is -0.991. The van der Waals surface area contributed by atoms with Gasteiger partial charge in [-0.25, -0.2) is 4.79 Å². The summed E-state index contributed by atoms with van der Waals surface area (Å²) in [6.07, 6.45) is 0.282. The zero-order valence-corrected chi connectivity index (χ0v) is 11.9. The maximum absolute atomic E-state index is 12.3. The van der Waals surface area contributed by atoms with Gasteiger partial charge in [0.2, 0.25) is 5.91 Å². The normalized spacial score (nSPS) is 28.3. The number of amides is 3. The van der Waals surface area contributed by atoms with Crippen molar-refractivity contribution in [2.24, 2.45) is 11.8 Å². The quantitative estimate of drug-likeness (QED) is 0.668. The van der Waals surface area contributed by atoms with Crippen molar-refractivity contribution in [2.45, 2.75) is 13.2 Å². The average molecular weight is 293 g/mol. The number of imide groups is 1. The number of fused-ring (bicyclic) bond motifs is 1. The molecule has 0 radical (unpaired) electrons. The van der Waals surface area contributed by atoms with Crippen LogP contribution in [0.2, 0.25) is 0 Å². The second-order valence-electron chi connectivity index (χ2n) is 4.75. The fourth-order valence-electron chi connectivity index (χ4n) is 2.46. The number of rotatable bonds is 2.